The number of nitrogens with one attached hydrogen (secondary N) is 2. The SMILES string of the molecule is CC(C)[C@H](NC(=O)c1cccs1)C(=O)Nc1ccc(F)c(Cl)c1. The van der Waals surface area contributed by atoms with Crippen LogP contribution in [-0.4, -0.2) is 17.9 Å². The van der Waals surface area contributed by atoms with Crippen LogP contribution in [0.5, 0.6) is 0 Å². The first-order chi connectivity index (χ1) is 10.9. The van der Waals surface area contributed by atoms with E-state index in [4.69, 9.17) is 11.6 Å². The summed E-state index contributed by atoms with van der Waals surface area (Å²) < 4.78 is 13.2. The molecule has 1 heterocycles. The summed E-state index contributed by atoms with van der Waals surface area (Å²) in [5, 5.41) is 7.07. The van der Waals surface area contributed by atoms with Gasteiger partial charge in [-0.15, -0.1) is 11.3 Å². The third kappa shape index (κ3) is 4.53. The van der Waals surface area contributed by atoms with Crippen LogP contribution in [0, 0.1) is 11.7 Å². The Morgan fingerprint density at radius 3 is 2.57 bits per heavy atom. The van der Waals surface area contributed by atoms with Crippen molar-refractivity contribution < 1.29 is 14.0 Å². The van der Waals surface area contributed by atoms with Gasteiger partial charge in [-0.1, -0.05) is 31.5 Å². The van der Waals surface area contributed by atoms with Gasteiger partial charge < -0.3 is 10.6 Å². The Kier molecular flexibility index (Phi) is 5.74. The molecule has 0 radical (unpaired) electrons. The van der Waals surface area contributed by atoms with E-state index >= 15 is 0 Å². The maximum absolute atomic E-state index is 13.2. The summed E-state index contributed by atoms with van der Waals surface area (Å²) in [7, 11) is 0. The minimum absolute atomic E-state index is 0.0773. The number of carbonyl (C=O) groups excluding carboxylic acids is 2. The summed E-state index contributed by atoms with van der Waals surface area (Å²) in [5.74, 6) is -1.36. The lowest BCUT2D eigenvalue weighted by Crippen LogP contribution is -2.46. The average Bonchev–Trinajstić information content (AvgIpc) is 3.02. The number of anilines is 1. The normalized spacial score (nSPS) is 12.0. The molecule has 0 aliphatic heterocycles. The molecule has 1 aromatic carbocycles. The van der Waals surface area contributed by atoms with E-state index in [2.05, 4.69) is 10.6 Å². The number of hydrogen-bond acceptors (Lipinski definition) is 3. The Morgan fingerprint density at radius 2 is 2.00 bits per heavy atom. The second-order valence-electron chi connectivity index (χ2n) is 5.29. The van der Waals surface area contributed by atoms with Crippen LogP contribution in [0.1, 0.15) is 23.5 Å². The second kappa shape index (κ2) is 7.57. The van der Waals surface area contributed by atoms with Crippen LogP contribution >= 0.6 is 22.9 Å². The third-order valence-electron chi connectivity index (χ3n) is 3.17. The molecule has 0 spiro atoms. The van der Waals surface area contributed by atoms with Gasteiger partial charge in [-0.25, -0.2) is 4.39 Å². The molecule has 2 N–H and O–H groups in total. The van der Waals surface area contributed by atoms with Gasteiger partial charge in [-0.3, -0.25) is 9.59 Å². The van der Waals surface area contributed by atoms with Gasteiger partial charge in [0.05, 0.1) is 9.90 Å². The molecule has 0 saturated heterocycles. The van der Waals surface area contributed by atoms with Crippen LogP contribution in [0.4, 0.5) is 10.1 Å². The Balaban J connectivity index is 2.09. The molecule has 23 heavy (non-hydrogen) atoms. The van der Waals surface area contributed by atoms with E-state index in [0.29, 0.717) is 10.6 Å². The third-order valence-corrected chi connectivity index (χ3v) is 4.33. The van der Waals surface area contributed by atoms with Crippen molar-refractivity contribution in [3.8, 4) is 0 Å². The molecule has 122 valence electrons. The number of carbonyl (C=O) groups is 2. The van der Waals surface area contributed by atoms with E-state index in [0.717, 1.165) is 0 Å². The largest absolute Gasteiger partial charge is 0.339 e. The summed E-state index contributed by atoms with van der Waals surface area (Å²) in [4.78, 5) is 25.1. The van der Waals surface area contributed by atoms with Crippen LogP contribution in [0.15, 0.2) is 35.7 Å². The molecule has 4 nitrogen and oxygen atoms in total. The Hall–Kier alpha value is -1.92. The Bertz CT molecular complexity index is 704. The summed E-state index contributed by atoms with van der Waals surface area (Å²) >= 11 is 7.00. The van der Waals surface area contributed by atoms with E-state index in [9.17, 15) is 14.0 Å². The number of rotatable bonds is 5. The zero-order valence-corrected chi connectivity index (χ0v) is 14.2. The van der Waals surface area contributed by atoms with E-state index in [1.165, 1.54) is 29.5 Å². The number of hydrogen-bond donors (Lipinski definition) is 2. The quantitative estimate of drug-likeness (QED) is 0.854. The van der Waals surface area contributed by atoms with Crippen LogP contribution in [0.25, 0.3) is 0 Å². The zero-order chi connectivity index (χ0) is 17.0. The summed E-state index contributed by atoms with van der Waals surface area (Å²) in [6.07, 6.45) is 0. The topological polar surface area (TPSA) is 58.2 Å². The van der Waals surface area contributed by atoms with Gasteiger partial charge in [0, 0.05) is 5.69 Å². The molecular formula is C16H16ClFN2O2S. The van der Waals surface area contributed by atoms with Gasteiger partial charge in [0.2, 0.25) is 5.91 Å². The minimum atomic E-state index is -0.714. The highest BCUT2D eigenvalue weighted by Crippen LogP contribution is 2.20. The van der Waals surface area contributed by atoms with Crippen molar-refractivity contribution >= 4 is 40.4 Å². The Labute approximate surface area is 142 Å². The smallest absolute Gasteiger partial charge is 0.262 e. The molecule has 0 fully saturated rings. The van der Waals surface area contributed by atoms with E-state index in [1.807, 2.05) is 13.8 Å². The molecule has 1 aromatic heterocycles. The molecule has 0 aliphatic carbocycles. The first kappa shape index (κ1) is 17.4. The fourth-order valence-corrected chi connectivity index (χ4v) is 2.76. The van der Waals surface area contributed by atoms with E-state index < -0.39 is 11.9 Å². The maximum Gasteiger partial charge on any atom is 0.262 e. The molecular weight excluding hydrogens is 339 g/mol. The number of halogens is 2. The number of amides is 2. The standard InChI is InChI=1S/C16H16ClFN2O2S/c1-9(2)14(20-15(21)13-4-3-7-23-13)16(22)19-10-5-6-12(18)11(17)8-10/h3-9,14H,1-2H3,(H,19,22)(H,20,21)/t14-/m0/s1. The van der Waals surface area contributed by atoms with Crippen molar-refractivity contribution in [1.82, 2.24) is 5.32 Å². The second-order valence-corrected chi connectivity index (χ2v) is 6.65. The molecule has 0 saturated carbocycles. The molecule has 0 unspecified atom stereocenters. The lowest BCUT2D eigenvalue weighted by atomic mass is 10.0. The van der Waals surface area contributed by atoms with Gasteiger partial charge in [-0.2, -0.15) is 0 Å². The first-order valence-electron chi connectivity index (χ1n) is 6.98. The average molecular weight is 355 g/mol. The monoisotopic (exact) mass is 354 g/mol. The highest BCUT2D eigenvalue weighted by atomic mass is 35.5. The van der Waals surface area contributed by atoms with Crippen LogP contribution in [0.2, 0.25) is 5.02 Å². The number of thiophene rings is 1. The summed E-state index contributed by atoms with van der Waals surface area (Å²) in [6, 6.07) is 6.66. The van der Waals surface area contributed by atoms with Crippen molar-refractivity contribution in [2.75, 3.05) is 5.32 Å². The van der Waals surface area contributed by atoms with Gasteiger partial charge in [-0.05, 0) is 35.6 Å². The van der Waals surface area contributed by atoms with Crippen molar-refractivity contribution in [3.05, 3.63) is 51.4 Å². The molecule has 0 bridgehead atoms. The van der Waals surface area contributed by atoms with E-state index in [1.54, 1.807) is 17.5 Å². The highest BCUT2D eigenvalue weighted by molar-refractivity contribution is 7.12. The predicted octanol–water partition coefficient (Wildman–Crippen LogP) is 3.93. The first-order valence-corrected chi connectivity index (χ1v) is 8.24. The van der Waals surface area contributed by atoms with Gasteiger partial charge in [0.15, 0.2) is 0 Å². The van der Waals surface area contributed by atoms with Crippen molar-refractivity contribution in [2.45, 2.75) is 19.9 Å². The minimum Gasteiger partial charge on any atom is -0.339 e. The molecule has 2 rings (SSSR count). The van der Waals surface area contributed by atoms with Crippen LogP contribution < -0.4 is 10.6 Å². The molecule has 1 atom stereocenters. The van der Waals surface area contributed by atoms with Gasteiger partial charge in [0.1, 0.15) is 11.9 Å². The van der Waals surface area contributed by atoms with Crippen molar-refractivity contribution in [2.24, 2.45) is 5.92 Å². The predicted molar refractivity (Wildman–Crippen MR) is 90.5 cm³/mol. The summed E-state index contributed by atoms with van der Waals surface area (Å²) in [5.41, 5.74) is 0.373. The van der Waals surface area contributed by atoms with Crippen molar-refractivity contribution in [3.63, 3.8) is 0 Å². The maximum atomic E-state index is 13.2. The lowest BCUT2D eigenvalue weighted by Gasteiger charge is -2.21. The fraction of sp³-hybridized carbons (Fsp3) is 0.250. The number of benzene rings is 1. The Morgan fingerprint density at radius 1 is 1.26 bits per heavy atom. The zero-order valence-electron chi connectivity index (χ0n) is 12.6. The van der Waals surface area contributed by atoms with Crippen LogP contribution in [-0.2, 0) is 4.79 Å². The molecule has 7 heteroatoms. The van der Waals surface area contributed by atoms with Crippen molar-refractivity contribution in [1.29, 1.82) is 0 Å². The molecule has 0 aliphatic rings. The highest BCUT2D eigenvalue weighted by Gasteiger charge is 2.25. The van der Waals surface area contributed by atoms with Crippen LogP contribution in [0.3, 0.4) is 0 Å². The van der Waals surface area contributed by atoms with Gasteiger partial charge in [0.25, 0.3) is 5.91 Å². The van der Waals surface area contributed by atoms with E-state index in [-0.39, 0.29) is 22.8 Å². The van der Waals surface area contributed by atoms with Gasteiger partial charge >= 0.3 is 0 Å². The fourth-order valence-electron chi connectivity index (χ4n) is 1.95. The lowest BCUT2D eigenvalue weighted by molar-refractivity contribution is -0.118. The summed E-state index contributed by atoms with van der Waals surface area (Å²) in [6.45, 7) is 3.66. The molecule has 2 amide bonds. The molecule has 2 aromatic rings.